The summed E-state index contributed by atoms with van der Waals surface area (Å²) in [5, 5.41) is 14.4. The first-order chi connectivity index (χ1) is 13.0. The van der Waals surface area contributed by atoms with E-state index < -0.39 is 5.41 Å². The van der Waals surface area contributed by atoms with E-state index in [-0.39, 0.29) is 5.91 Å². The lowest BCUT2D eigenvalue weighted by Gasteiger charge is -2.37. The van der Waals surface area contributed by atoms with Crippen molar-refractivity contribution in [3.05, 3.63) is 53.3 Å². The molecule has 5 heteroatoms. The van der Waals surface area contributed by atoms with E-state index in [1.807, 2.05) is 52.9 Å². The molecule has 1 saturated heterocycles. The van der Waals surface area contributed by atoms with Crippen LogP contribution in [0.4, 0.5) is 0 Å². The van der Waals surface area contributed by atoms with Gasteiger partial charge in [-0.25, -0.2) is 0 Å². The highest BCUT2D eigenvalue weighted by Gasteiger charge is 2.38. The van der Waals surface area contributed by atoms with Crippen LogP contribution < -0.4 is 0 Å². The Bertz CT molecular complexity index is 824. The molecule has 0 N–H and O–H groups in total. The topological polar surface area (TPSA) is 61.9 Å². The molecule has 3 rings (SSSR count). The van der Waals surface area contributed by atoms with Crippen molar-refractivity contribution in [3.63, 3.8) is 0 Å². The summed E-state index contributed by atoms with van der Waals surface area (Å²) in [7, 11) is 0. The van der Waals surface area contributed by atoms with Crippen molar-refractivity contribution in [2.45, 2.75) is 52.0 Å². The first-order valence-electron chi connectivity index (χ1n) is 9.82. The van der Waals surface area contributed by atoms with Crippen molar-refractivity contribution in [2.75, 3.05) is 13.1 Å². The predicted molar refractivity (Wildman–Crippen MR) is 105 cm³/mol. The lowest BCUT2D eigenvalue weighted by Crippen LogP contribution is -2.45. The largest absolute Gasteiger partial charge is 0.337 e. The molecular weight excluding hydrogens is 336 g/mol. The fourth-order valence-corrected chi connectivity index (χ4v) is 3.88. The number of carbonyl (C=O) groups excluding carboxylic acids is 1. The molecule has 5 nitrogen and oxygen atoms in total. The Labute approximate surface area is 161 Å². The van der Waals surface area contributed by atoms with Gasteiger partial charge in [0.15, 0.2) is 0 Å². The van der Waals surface area contributed by atoms with Gasteiger partial charge in [-0.2, -0.15) is 10.4 Å². The minimum absolute atomic E-state index is 0.0268. The van der Waals surface area contributed by atoms with Crippen LogP contribution in [0.1, 0.15) is 55.4 Å². The van der Waals surface area contributed by atoms with Crippen LogP contribution in [0.2, 0.25) is 0 Å². The van der Waals surface area contributed by atoms with E-state index in [1.165, 1.54) is 0 Å². The normalized spacial score (nSPS) is 16.3. The minimum Gasteiger partial charge on any atom is -0.337 e. The van der Waals surface area contributed by atoms with Crippen molar-refractivity contribution in [3.8, 4) is 6.07 Å². The molecule has 1 aliphatic heterocycles. The van der Waals surface area contributed by atoms with E-state index in [2.05, 4.69) is 25.0 Å². The van der Waals surface area contributed by atoms with Crippen molar-refractivity contribution in [1.29, 1.82) is 5.26 Å². The van der Waals surface area contributed by atoms with E-state index >= 15 is 0 Å². The van der Waals surface area contributed by atoms with Gasteiger partial charge in [0.05, 0.1) is 17.2 Å². The Hall–Kier alpha value is -2.61. The van der Waals surface area contributed by atoms with E-state index in [4.69, 9.17) is 0 Å². The Kier molecular flexibility index (Phi) is 5.65. The average Bonchev–Trinajstić information content (AvgIpc) is 3.10. The molecule has 1 aromatic carbocycles. The molecule has 0 spiro atoms. The second-order valence-corrected chi connectivity index (χ2v) is 7.79. The van der Waals surface area contributed by atoms with Crippen molar-refractivity contribution in [1.82, 2.24) is 14.7 Å². The average molecular weight is 364 g/mol. The molecule has 27 heavy (non-hydrogen) atoms. The van der Waals surface area contributed by atoms with Gasteiger partial charge in [-0.15, -0.1) is 0 Å². The molecule has 2 heterocycles. The molecule has 0 bridgehead atoms. The molecule has 0 aliphatic carbocycles. The number of rotatable bonds is 5. The van der Waals surface area contributed by atoms with Crippen LogP contribution in [0.15, 0.2) is 36.4 Å². The molecule has 1 aliphatic rings. The summed E-state index contributed by atoms with van der Waals surface area (Å²) in [6.07, 6.45) is 2.20. The number of carbonyl (C=O) groups is 1. The summed E-state index contributed by atoms with van der Waals surface area (Å²) in [5.41, 5.74) is 2.20. The molecule has 142 valence electrons. The summed E-state index contributed by atoms with van der Waals surface area (Å²) in [6.45, 7) is 8.18. The second-order valence-electron chi connectivity index (χ2n) is 7.79. The first-order valence-corrected chi connectivity index (χ1v) is 9.82. The zero-order chi connectivity index (χ0) is 19.4. The molecule has 2 aromatic rings. The smallest absolute Gasteiger partial charge is 0.272 e. The zero-order valence-corrected chi connectivity index (χ0v) is 16.5. The van der Waals surface area contributed by atoms with Gasteiger partial charge in [-0.3, -0.25) is 9.48 Å². The van der Waals surface area contributed by atoms with Crippen molar-refractivity contribution in [2.24, 2.45) is 5.92 Å². The van der Waals surface area contributed by atoms with Gasteiger partial charge in [0.1, 0.15) is 5.69 Å². The van der Waals surface area contributed by atoms with E-state index in [0.717, 1.165) is 17.7 Å². The fourth-order valence-electron chi connectivity index (χ4n) is 3.88. The monoisotopic (exact) mass is 364 g/mol. The van der Waals surface area contributed by atoms with Gasteiger partial charge in [0.2, 0.25) is 0 Å². The van der Waals surface area contributed by atoms with E-state index in [0.29, 0.717) is 44.1 Å². The highest BCUT2D eigenvalue weighted by atomic mass is 16.2. The maximum Gasteiger partial charge on any atom is 0.272 e. The van der Waals surface area contributed by atoms with Crippen LogP contribution >= 0.6 is 0 Å². The number of amides is 1. The molecular formula is C22H28N4O. The van der Waals surface area contributed by atoms with Crippen molar-refractivity contribution < 1.29 is 4.79 Å². The second kappa shape index (κ2) is 7.96. The Balaban J connectivity index is 1.75. The van der Waals surface area contributed by atoms with Gasteiger partial charge in [-0.05, 0) is 43.7 Å². The summed E-state index contributed by atoms with van der Waals surface area (Å²) in [5.74, 6) is 0.532. The maximum absolute atomic E-state index is 13.1. The van der Waals surface area contributed by atoms with Gasteiger partial charge >= 0.3 is 0 Å². The highest BCUT2D eigenvalue weighted by molar-refractivity contribution is 5.92. The van der Waals surface area contributed by atoms with Gasteiger partial charge in [0.25, 0.3) is 5.91 Å². The van der Waals surface area contributed by atoms with Crippen LogP contribution in [-0.4, -0.2) is 33.7 Å². The summed E-state index contributed by atoms with van der Waals surface area (Å²) in [4.78, 5) is 15.0. The Morgan fingerprint density at radius 1 is 1.26 bits per heavy atom. The number of likely N-dealkylation sites (tertiary alicyclic amines) is 1. The van der Waals surface area contributed by atoms with Crippen molar-refractivity contribution >= 4 is 5.91 Å². The SMILES string of the molecule is CCn1nc(CC(C)C)cc1C(=O)N1CCC(C#N)(c2ccccc2)CC1. The molecule has 1 fully saturated rings. The number of aryl methyl sites for hydroxylation is 1. The number of nitriles is 1. The van der Waals surface area contributed by atoms with Gasteiger partial charge in [-0.1, -0.05) is 44.2 Å². The fraction of sp³-hybridized carbons (Fsp3) is 0.500. The van der Waals surface area contributed by atoms with Crippen LogP contribution in [0.25, 0.3) is 0 Å². The molecule has 0 atom stereocenters. The summed E-state index contributed by atoms with van der Waals surface area (Å²) < 4.78 is 1.81. The molecule has 1 aromatic heterocycles. The van der Waals surface area contributed by atoms with Crippen LogP contribution in [0, 0.1) is 17.2 Å². The number of hydrogen-bond donors (Lipinski definition) is 0. The van der Waals surface area contributed by atoms with E-state index in [1.54, 1.807) is 0 Å². The number of piperidine rings is 1. The summed E-state index contributed by atoms with van der Waals surface area (Å²) in [6, 6.07) is 14.4. The number of hydrogen-bond acceptors (Lipinski definition) is 3. The standard InChI is InChI=1S/C22H28N4O/c1-4-26-20(15-19(24-26)14-17(2)3)21(27)25-12-10-22(16-23,11-13-25)18-8-6-5-7-9-18/h5-9,15,17H,4,10-14H2,1-3H3. The quantitative estimate of drug-likeness (QED) is 0.811. The molecule has 0 saturated carbocycles. The van der Waals surface area contributed by atoms with Gasteiger partial charge < -0.3 is 4.90 Å². The lowest BCUT2D eigenvalue weighted by molar-refractivity contribution is 0.0679. The third-order valence-electron chi connectivity index (χ3n) is 5.41. The number of benzene rings is 1. The summed E-state index contributed by atoms with van der Waals surface area (Å²) >= 11 is 0. The highest BCUT2D eigenvalue weighted by Crippen LogP contribution is 2.35. The van der Waals surface area contributed by atoms with Gasteiger partial charge in [0, 0.05) is 19.6 Å². The Morgan fingerprint density at radius 3 is 2.48 bits per heavy atom. The third-order valence-corrected chi connectivity index (χ3v) is 5.41. The minimum atomic E-state index is -0.494. The number of nitrogens with zero attached hydrogens (tertiary/aromatic N) is 4. The number of aromatic nitrogens is 2. The molecule has 0 radical (unpaired) electrons. The van der Waals surface area contributed by atoms with E-state index in [9.17, 15) is 10.1 Å². The van der Waals surface area contributed by atoms with Crippen LogP contribution in [0.5, 0.6) is 0 Å². The van der Waals surface area contributed by atoms with Crippen LogP contribution in [0.3, 0.4) is 0 Å². The zero-order valence-electron chi connectivity index (χ0n) is 16.5. The molecule has 1 amide bonds. The van der Waals surface area contributed by atoms with Crippen LogP contribution in [-0.2, 0) is 18.4 Å². The lowest BCUT2D eigenvalue weighted by atomic mass is 9.74. The molecule has 0 unspecified atom stereocenters. The predicted octanol–water partition coefficient (Wildman–Crippen LogP) is 3.80. The first kappa shape index (κ1) is 19.2. The maximum atomic E-state index is 13.1. The Morgan fingerprint density at radius 2 is 1.93 bits per heavy atom. The third kappa shape index (κ3) is 3.90.